The molecule has 2 aromatic carbocycles. The van der Waals surface area contributed by atoms with Crippen LogP contribution in [-0.4, -0.2) is 51.3 Å². The molecule has 0 aliphatic rings. The number of phenols is 1. The lowest BCUT2D eigenvalue weighted by Gasteiger charge is -2.16. The van der Waals surface area contributed by atoms with E-state index in [4.69, 9.17) is 23.7 Å². The highest BCUT2D eigenvalue weighted by Crippen LogP contribution is 2.39. The lowest BCUT2D eigenvalue weighted by atomic mass is 10.1. The summed E-state index contributed by atoms with van der Waals surface area (Å²) in [4.78, 5) is 12.7. The average Bonchev–Trinajstić information content (AvgIpc) is 2.76. The minimum absolute atomic E-state index is 0.118. The number of hydrogen-bond donors (Lipinski definition) is 2. The predicted molar refractivity (Wildman–Crippen MR) is 116 cm³/mol. The number of hydrogen-bond acceptors (Lipinski definition) is 8. The van der Waals surface area contributed by atoms with Gasteiger partial charge in [0.15, 0.2) is 23.0 Å². The molecule has 0 heterocycles. The zero-order valence-corrected chi connectivity index (χ0v) is 18.4. The van der Waals surface area contributed by atoms with Crippen LogP contribution < -0.4 is 29.1 Å². The minimum atomic E-state index is -0.459. The summed E-state index contributed by atoms with van der Waals surface area (Å²) in [6, 6.07) is 6.28. The molecule has 0 saturated heterocycles. The van der Waals surface area contributed by atoms with Crippen LogP contribution in [0.4, 0.5) is 0 Å². The number of rotatable bonds is 11. The SMILES string of the molecule is CCOc1cc(C(=O)N/N=C/c2cc(OC)c(O)c(OC)c2)cc(OCC)c1OCC. The normalized spacial score (nSPS) is 10.6. The lowest BCUT2D eigenvalue weighted by Crippen LogP contribution is -2.18. The molecule has 1 amide bonds. The molecule has 2 N–H and O–H groups in total. The Morgan fingerprint density at radius 1 is 0.903 bits per heavy atom. The predicted octanol–water partition coefficient (Wildman–Crippen LogP) is 3.37. The van der Waals surface area contributed by atoms with Gasteiger partial charge in [0.1, 0.15) is 0 Å². The molecular weight excluding hydrogens is 404 g/mol. The fourth-order valence-electron chi connectivity index (χ4n) is 2.74. The molecule has 168 valence electrons. The second kappa shape index (κ2) is 11.5. The van der Waals surface area contributed by atoms with Crippen LogP contribution in [0.1, 0.15) is 36.7 Å². The number of phenolic OH excluding ortho intramolecular Hbond substituents is 1. The van der Waals surface area contributed by atoms with Crippen molar-refractivity contribution in [1.29, 1.82) is 0 Å². The summed E-state index contributed by atoms with van der Waals surface area (Å²) in [5.41, 5.74) is 3.32. The van der Waals surface area contributed by atoms with Gasteiger partial charge in [-0.1, -0.05) is 0 Å². The van der Waals surface area contributed by atoms with Gasteiger partial charge in [-0.25, -0.2) is 5.43 Å². The molecule has 2 aromatic rings. The van der Waals surface area contributed by atoms with Crippen molar-refractivity contribution in [3.63, 3.8) is 0 Å². The Hall–Kier alpha value is -3.62. The van der Waals surface area contributed by atoms with Gasteiger partial charge in [0.05, 0.1) is 40.3 Å². The van der Waals surface area contributed by atoms with Gasteiger partial charge in [0, 0.05) is 11.1 Å². The number of nitrogens with one attached hydrogen (secondary N) is 1. The van der Waals surface area contributed by atoms with Gasteiger partial charge in [-0.2, -0.15) is 5.10 Å². The fourth-order valence-corrected chi connectivity index (χ4v) is 2.74. The molecule has 0 aliphatic carbocycles. The maximum atomic E-state index is 12.7. The third-order valence-corrected chi connectivity index (χ3v) is 4.05. The zero-order chi connectivity index (χ0) is 22.8. The van der Waals surface area contributed by atoms with Crippen LogP contribution in [0.15, 0.2) is 29.4 Å². The molecular formula is C22H28N2O7. The first-order valence-electron chi connectivity index (χ1n) is 9.83. The summed E-state index contributed by atoms with van der Waals surface area (Å²) in [7, 11) is 2.85. The highest BCUT2D eigenvalue weighted by atomic mass is 16.5. The first kappa shape index (κ1) is 23.7. The Bertz CT molecular complexity index is 876. The number of methoxy groups -OCH3 is 2. The number of carbonyl (C=O) groups is 1. The lowest BCUT2D eigenvalue weighted by molar-refractivity contribution is 0.0954. The number of carbonyl (C=O) groups excluding carboxylic acids is 1. The minimum Gasteiger partial charge on any atom is -0.502 e. The molecule has 0 bridgehead atoms. The third kappa shape index (κ3) is 5.94. The Morgan fingerprint density at radius 3 is 1.87 bits per heavy atom. The zero-order valence-electron chi connectivity index (χ0n) is 18.4. The van der Waals surface area contributed by atoms with E-state index < -0.39 is 5.91 Å². The first-order valence-corrected chi connectivity index (χ1v) is 9.83. The maximum Gasteiger partial charge on any atom is 0.271 e. The molecule has 0 radical (unpaired) electrons. The smallest absolute Gasteiger partial charge is 0.271 e. The summed E-state index contributed by atoms with van der Waals surface area (Å²) >= 11 is 0. The Labute approximate surface area is 181 Å². The van der Waals surface area contributed by atoms with Crippen LogP contribution in [0.2, 0.25) is 0 Å². The van der Waals surface area contributed by atoms with Crippen LogP contribution in [-0.2, 0) is 0 Å². The number of amides is 1. The number of hydrazone groups is 1. The van der Waals surface area contributed by atoms with Crippen LogP contribution in [0.25, 0.3) is 0 Å². The van der Waals surface area contributed by atoms with Gasteiger partial charge in [-0.3, -0.25) is 4.79 Å². The fraction of sp³-hybridized carbons (Fsp3) is 0.364. The molecule has 0 spiro atoms. The highest BCUT2D eigenvalue weighted by Gasteiger charge is 2.18. The third-order valence-electron chi connectivity index (χ3n) is 4.05. The van der Waals surface area contributed by atoms with Crippen molar-refractivity contribution >= 4 is 12.1 Å². The van der Waals surface area contributed by atoms with E-state index >= 15 is 0 Å². The molecule has 0 unspecified atom stereocenters. The topological polar surface area (TPSA) is 108 Å². The van der Waals surface area contributed by atoms with Crippen molar-refractivity contribution in [2.75, 3.05) is 34.0 Å². The second-order valence-electron chi connectivity index (χ2n) is 6.07. The maximum absolute atomic E-state index is 12.7. The van der Waals surface area contributed by atoms with Crippen LogP contribution in [0.3, 0.4) is 0 Å². The van der Waals surface area contributed by atoms with Crippen LogP contribution in [0.5, 0.6) is 34.5 Å². The molecule has 9 heteroatoms. The molecule has 9 nitrogen and oxygen atoms in total. The van der Waals surface area contributed by atoms with E-state index in [0.29, 0.717) is 48.2 Å². The van der Waals surface area contributed by atoms with Crippen molar-refractivity contribution in [3.05, 3.63) is 35.4 Å². The van der Waals surface area contributed by atoms with E-state index in [-0.39, 0.29) is 17.2 Å². The van der Waals surface area contributed by atoms with Crippen molar-refractivity contribution in [1.82, 2.24) is 5.43 Å². The van der Waals surface area contributed by atoms with Gasteiger partial charge < -0.3 is 28.8 Å². The summed E-state index contributed by atoms with van der Waals surface area (Å²) in [6.07, 6.45) is 1.41. The van der Waals surface area contributed by atoms with E-state index in [9.17, 15) is 9.90 Å². The standard InChI is InChI=1S/C22H28N2O7/c1-6-29-18-11-15(12-19(30-7-2)21(18)31-8-3)22(26)24-23-13-14-9-16(27-4)20(25)17(10-14)28-5/h9-13,25H,6-8H2,1-5H3,(H,24,26)/b23-13+. The van der Waals surface area contributed by atoms with E-state index in [1.165, 1.54) is 20.4 Å². The van der Waals surface area contributed by atoms with E-state index in [1.54, 1.807) is 24.3 Å². The highest BCUT2D eigenvalue weighted by molar-refractivity contribution is 5.96. The monoisotopic (exact) mass is 432 g/mol. The Balaban J connectivity index is 2.27. The second-order valence-corrected chi connectivity index (χ2v) is 6.07. The molecule has 31 heavy (non-hydrogen) atoms. The first-order chi connectivity index (χ1) is 15.0. The molecule has 2 rings (SSSR count). The van der Waals surface area contributed by atoms with Crippen molar-refractivity contribution < 1.29 is 33.6 Å². The van der Waals surface area contributed by atoms with Crippen molar-refractivity contribution in [3.8, 4) is 34.5 Å². The van der Waals surface area contributed by atoms with E-state index in [0.717, 1.165) is 0 Å². The molecule has 0 saturated carbocycles. The Morgan fingerprint density at radius 2 is 1.42 bits per heavy atom. The molecule has 0 fully saturated rings. The summed E-state index contributed by atoms with van der Waals surface area (Å²) in [6.45, 7) is 6.77. The van der Waals surface area contributed by atoms with Gasteiger partial charge >= 0.3 is 0 Å². The summed E-state index contributed by atoms with van der Waals surface area (Å²) in [5, 5.41) is 14.0. The van der Waals surface area contributed by atoms with Gasteiger partial charge in [-0.05, 0) is 45.0 Å². The molecule has 0 aromatic heterocycles. The van der Waals surface area contributed by atoms with Gasteiger partial charge in [0.2, 0.25) is 11.5 Å². The number of nitrogens with zero attached hydrogens (tertiary/aromatic N) is 1. The summed E-state index contributed by atoms with van der Waals surface area (Å²) < 4.78 is 27.1. The van der Waals surface area contributed by atoms with E-state index in [1.807, 2.05) is 20.8 Å². The molecule has 0 aliphatic heterocycles. The van der Waals surface area contributed by atoms with Gasteiger partial charge in [0.25, 0.3) is 5.91 Å². The van der Waals surface area contributed by atoms with Gasteiger partial charge in [-0.15, -0.1) is 0 Å². The van der Waals surface area contributed by atoms with Crippen LogP contribution in [0, 0.1) is 0 Å². The average molecular weight is 432 g/mol. The summed E-state index contributed by atoms with van der Waals surface area (Å²) in [5.74, 6) is 1.15. The quantitative estimate of drug-likeness (QED) is 0.414. The number of ether oxygens (including phenoxy) is 5. The largest absolute Gasteiger partial charge is 0.502 e. The van der Waals surface area contributed by atoms with Crippen LogP contribution >= 0.6 is 0 Å². The van der Waals surface area contributed by atoms with Crippen molar-refractivity contribution in [2.24, 2.45) is 5.10 Å². The number of benzene rings is 2. The Kier molecular flexibility index (Phi) is 8.80. The van der Waals surface area contributed by atoms with Crippen molar-refractivity contribution in [2.45, 2.75) is 20.8 Å². The number of aromatic hydroxyl groups is 1. The van der Waals surface area contributed by atoms with E-state index in [2.05, 4.69) is 10.5 Å². The molecule has 0 atom stereocenters.